The Kier molecular flexibility index (Phi) is 3.24. The standard InChI is InChI=1S/C30H18BNO/c1-2-9-19(10-3-1)20-12-6-15-24-30(20)33-27-18-8-17-26-28(27)31(24)23-14-7-13-22-21-11-4-5-16-25(21)32(26)29(22)23/h1-18H. The van der Waals surface area contributed by atoms with Gasteiger partial charge in [-0.05, 0) is 40.2 Å². The lowest BCUT2D eigenvalue weighted by atomic mass is 9.34. The Morgan fingerprint density at radius 2 is 1.36 bits per heavy atom. The first kappa shape index (κ1) is 17.3. The van der Waals surface area contributed by atoms with Crippen LogP contribution in [-0.4, -0.2) is 11.3 Å². The monoisotopic (exact) mass is 419 g/mol. The second-order valence-corrected chi connectivity index (χ2v) is 8.91. The van der Waals surface area contributed by atoms with E-state index in [1.165, 1.54) is 49.4 Å². The van der Waals surface area contributed by atoms with Crippen molar-refractivity contribution < 1.29 is 4.74 Å². The molecule has 0 radical (unpaired) electrons. The van der Waals surface area contributed by atoms with Gasteiger partial charge in [-0.1, -0.05) is 91.0 Å². The highest BCUT2D eigenvalue weighted by atomic mass is 16.5. The molecule has 0 atom stereocenters. The molecule has 2 aliphatic heterocycles. The molecule has 5 aromatic carbocycles. The van der Waals surface area contributed by atoms with Crippen molar-refractivity contribution in [2.24, 2.45) is 0 Å². The van der Waals surface area contributed by atoms with E-state index in [-0.39, 0.29) is 6.71 Å². The van der Waals surface area contributed by atoms with Gasteiger partial charge in [-0.2, -0.15) is 0 Å². The van der Waals surface area contributed by atoms with Crippen LogP contribution in [-0.2, 0) is 0 Å². The molecule has 0 amide bonds. The number of aromatic nitrogens is 1. The summed E-state index contributed by atoms with van der Waals surface area (Å²) in [5.41, 5.74) is 9.94. The fraction of sp³-hybridized carbons (Fsp3) is 0. The van der Waals surface area contributed by atoms with Gasteiger partial charge in [0, 0.05) is 27.5 Å². The van der Waals surface area contributed by atoms with E-state index in [0.717, 1.165) is 17.1 Å². The molecular weight excluding hydrogens is 401 g/mol. The van der Waals surface area contributed by atoms with Crippen LogP contribution in [0.4, 0.5) is 0 Å². The van der Waals surface area contributed by atoms with Crippen LogP contribution in [0.15, 0.2) is 109 Å². The summed E-state index contributed by atoms with van der Waals surface area (Å²) in [5, 5.41) is 2.61. The van der Waals surface area contributed by atoms with Crippen molar-refractivity contribution in [1.82, 2.24) is 4.57 Å². The normalized spacial score (nSPS) is 13.0. The smallest absolute Gasteiger partial charge is 0.256 e. The number of rotatable bonds is 1. The average Bonchev–Trinajstić information content (AvgIpc) is 3.22. The van der Waals surface area contributed by atoms with Gasteiger partial charge in [0.25, 0.3) is 6.71 Å². The highest BCUT2D eigenvalue weighted by molar-refractivity contribution is 6.99. The van der Waals surface area contributed by atoms with E-state index >= 15 is 0 Å². The number of hydrogen-bond donors (Lipinski definition) is 0. The van der Waals surface area contributed by atoms with Crippen LogP contribution in [0.1, 0.15) is 0 Å². The van der Waals surface area contributed by atoms with Gasteiger partial charge in [0.05, 0.1) is 5.52 Å². The second-order valence-electron chi connectivity index (χ2n) is 8.91. The molecule has 2 aliphatic rings. The summed E-state index contributed by atoms with van der Waals surface area (Å²) in [6, 6.07) is 39.1. The molecule has 0 N–H and O–H groups in total. The minimum Gasteiger partial charge on any atom is -0.458 e. The summed E-state index contributed by atoms with van der Waals surface area (Å²) in [7, 11) is 0. The third kappa shape index (κ3) is 2.14. The highest BCUT2D eigenvalue weighted by Crippen LogP contribution is 2.39. The van der Waals surface area contributed by atoms with Crippen molar-refractivity contribution in [2.45, 2.75) is 0 Å². The maximum Gasteiger partial charge on any atom is 0.256 e. The van der Waals surface area contributed by atoms with Gasteiger partial charge in [0.1, 0.15) is 11.5 Å². The lowest BCUT2D eigenvalue weighted by Gasteiger charge is -2.34. The van der Waals surface area contributed by atoms with Gasteiger partial charge in [-0.15, -0.1) is 0 Å². The minimum atomic E-state index is 0.143. The number of benzene rings is 5. The maximum atomic E-state index is 6.70. The Morgan fingerprint density at radius 1 is 0.606 bits per heavy atom. The van der Waals surface area contributed by atoms with E-state index in [0.29, 0.717) is 0 Å². The predicted octanol–water partition coefficient (Wildman–Crippen LogP) is 5.39. The van der Waals surface area contributed by atoms with Crippen molar-refractivity contribution in [2.75, 3.05) is 0 Å². The van der Waals surface area contributed by atoms with Crippen LogP contribution in [0.3, 0.4) is 0 Å². The number of ether oxygens (including phenoxy) is 1. The van der Waals surface area contributed by atoms with E-state index in [2.05, 4.69) is 114 Å². The molecule has 0 aliphatic carbocycles. The molecular formula is C30H18BNO. The van der Waals surface area contributed by atoms with Gasteiger partial charge in [-0.3, -0.25) is 0 Å². The van der Waals surface area contributed by atoms with E-state index in [4.69, 9.17) is 4.74 Å². The lowest BCUT2D eigenvalue weighted by Crippen LogP contribution is -2.58. The largest absolute Gasteiger partial charge is 0.458 e. The van der Waals surface area contributed by atoms with Crippen molar-refractivity contribution in [3.63, 3.8) is 0 Å². The third-order valence-corrected chi connectivity index (χ3v) is 7.26. The van der Waals surface area contributed by atoms with Crippen LogP contribution in [0.25, 0.3) is 38.6 Å². The Balaban J connectivity index is 1.53. The van der Waals surface area contributed by atoms with Gasteiger partial charge >= 0.3 is 0 Å². The van der Waals surface area contributed by atoms with E-state index in [9.17, 15) is 0 Å². The molecule has 8 rings (SSSR count). The number of hydrogen-bond acceptors (Lipinski definition) is 1. The molecule has 0 bridgehead atoms. The Hall–Kier alpha value is -4.24. The highest BCUT2D eigenvalue weighted by Gasteiger charge is 2.40. The molecule has 3 heterocycles. The Bertz CT molecular complexity index is 1750. The number of para-hydroxylation sites is 3. The van der Waals surface area contributed by atoms with Crippen LogP contribution in [0.5, 0.6) is 11.5 Å². The molecule has 1 aromatic heterocycles. The second kappa shape index (κ2) is 6.17. The van der Waals surface area contributed by atoms with Crippen LogP contribution >= 0.6 is 0 Å². The third-order valence-electron chi connectivity index (χ3n) is 7.26. The fourth-order valence-corrected chi connectivity index (χ4v) is 5.96. The first-order valence-electron chi connectivity index (χ1n) is 11.4. The van der Waals surface area contributed by atoms with E-state index in [1.807, 2.05) is 0 Å². The van der Waals surface area contributed by atoms with Gasteiger partial charge in [0.15, 0.2) is 0 Å². The zero-order valence-corrected chi connectivity index (χ0v) is 17.8. The van der Waals surface area contributed by atoms with Gasteiger partial charge < -0.3 is 9.30 Å². The molecule has 0 spiro atoms. The molecule has 0 saturated carbocycles. The zero-order chi connectivity index (χ0) is 21.5. The van der Waals surface area contributed by atoms with Gasteiger partial charge in [0.2, 0.25) is 0 Å². The molecule has 6 aromatic rings. The lowest BCUT2D eigenvalue weighted by molar-refractivity contribution is 0.489. The fourth-order valence-electron chi connectivity index (χ4n) is 5.96. The summed E-state index contributed by atoms with van der Waals surface area (Å²) in [4.78, 5) is 0. The van der Waals surface area contributed by atoms with Gasteiger partial charge in [-0.25, -0.2) is 0 Å². The number of nitrogens with zero attached hydrogens (tertiary/aromatic N) is 1. The SMILES string of the molecule is c1ccc(-c2cccc3c2Oc2cccc4c2B3c2cccc3c5ccccc5n-4c23)cc1. The summed E-state index contributed by atoms with van der Waals surface area (Å²) < 4.78 is 9.13. The zero-order valence-electron chi connectivity index (χ0n) is 17.8. The Labute approximate surface area is 191 Å². The molecule has 2 nitrogen and oxygen atoms in total. The molecule has 152 valence electrons. The molecule has 33 heavy (non-hydrogen) atoms. The molecule has 0 fully saturated rings. The topological polar surface area (TPSA) is 14.2 Å². The van der Waals surface area contributed by atoms with Crippen LogP contribution in [0, 0.1) is 0 Å². The van der Waals surface area contributed by atoms with E-state index in [1.54, 1.807) is 0 Å². The predicted molar refractivity (Wildman–Crippen MR) is 137 cm³/mol. The first-order chi connectivity index (χ1) is 16.4. The van der Waals surface area contributed by atoms with Crippen molar-refractivity contribution in [3.8, 4) is 28.3 Å². The first-order valence-corrected chi connectivity index (χ1v) is 11.4. The van der Waals surface area contributed by atoms with Crippen LogP contribution in [0.2, 0.25) is 0 Å². The summed E-state index contributed by atoms with van der Waals surface area (Å²) >= 11 is 0. The quantitative estimate of drug-likeness (QED) is 0.326. The molecule has 0 unspecified atom stereocenters. The minimum absolute atomic E-state index is 0.143. The Morgan fingerprint density at radius 3 is 2.30 bits per heavy atom. The summed E-state index contributed by atoms with van der Waals surface area (Å²) in [6.45, 7) is 0.143. The number of fused-ring (bicyclic) bond motifs is 7. The summed E-state index contributed by atoms with van der Waals surface area (Å²) in [6.07, 6.45) is 0. The average molecular weight is 419 g/mol. The van der Waals surface area contributed by atoms with Crippen molar-refractivity contribution in [1.29, 1.82) is 0 Å². The maximum absolute atomic E-state index is 6.70. The summed E-state index contributed by atoms with van der Waals surface area (Å²) in [5.74, 6) is 1.92. The van der Waals surface area contributed by atoms with Crippen LogP contribution < -0.4 is 21.1 Å². The molecule has 0 saturated heterocycles. The van der Waals surface area contributed by atoms with Crippen molar-refractivity contribution in [3.05, 3.63) is 109 Å². The van der Waals surface area contributed by atoms with Crippen molar-refractivity contribution >= 4 is 44.9 Å². The molecule has 3 heteroatoms. The van der Waals surface area contributed by atoms with E-state index < -0.39 is 0 Å².